The van der Waals surface area contributed by atoms with Crippen molar-refractivity contribution in [2.75, 3.05) is 19.7 Å². The molecule has 5 aliphatic heterocycles. The minimum Gasteiger partial charge on any atom is -0.368 e. The van der Waals surface area contributed by atoms with Crippen molar-refractivity contribution in [2.24, 2.45) is 9.98 Å². The van der Waals surface area contributed by atoms with Crippen LogP contribution in [0.4, 0.5) is 0 Å². The maximum absolute atomic E-state index is 13.6. The van der Waals surface area contributed by atoms with Gasteiger partial charge in [-0.15, -0.1) is 0 Å². The summed E-state index contributed by atoms with van der Waals surface area (Å²) in [5.74, 6) is -0.0370. The molecule has 3 saturated heterocycles. The third kappa shape index (κ3) is 6.38. The van der Waals surface area contributed by atoms with Gasteiger partial charge in [-0.2, -0.15) is 0 Å². The quantitative estimate of drug-likeness (QED) is 0.239. The van der Waals surface area contributed by atoms with Crippen molar-refractivity contribution in [3.05, 3.63) is 107 Å². The van der Waals surface area contributed by atoms with Crippen molar-refractivity contribution in [1.29, 1.82) is 0 Å². The predicted octanol–water partition coefficient (Wildman–Crippen LogP) is 8.34. The van der Waals surface area contributed by atoms with E-state index in [9.17, 15) is 9.59 Å². The van der Waals surface area contributed by atoms with Crippen LogP contribution >= 0.6 is 11.6 Å². The number of likely N-dealkylation sites (tertiary alicyclic amines) is 2. The van der Waals surface area contributed by atoms with E-state index in [4.69, 9.17) is 26.3 Å². The Kier molecular flexibility index (Phi) is 9.28. The molecule has 0 radical (unpaired) electrons. The highest BCUT2D eigenvalue weighted by molar-refractivity contribution is 6.31. The van der Waals surface area contributed by atoms with E-state index < -0.39 is 0 Å². The van der Waals surface area contributed by atoms with Gasteiger partial charge in [-0.3, -0.25) is 19.6 Å². The van der Waals surface area contributed by atoms with Crippen molar-refractivity contribution in [2.45, 2.75) is 82.4 Å². The van der Waals surface area contributed by atoms with Crippen molar-refractivity contribution in [3.63, 3.8) is 0 Å². The molecule has 0 aromatic heterocycles. The summed E-state index contributed by atoms with van der Waals surface area (Å²) in [5.41, 5.74) is 10.1. The molecule has 0 spiro atoms. The number of allylic oxidation sites excluding steroid dienone is 2. The Morgan fingerprint density at radius 2 is 1.26 bits per heavy atom. The Morgan fingerprint density at radius 3 is 1.82 bits per heavy atom. The first-order valence-electron chi connectivity index (χ1n) is 18.1. The third-order valence-electron chi connectivity index (χ3n) is 11.1. The molecule has 0 bridgehead atoms. The van der Waals surface area contributed by atoms with E-state index in [1.54, 1.807) is 0 Å². The summed E-state index contributed by atoms with van der Waals surface area (Å²) in [5, 5.41) is 0.636. The first-order valence-corrected chi connectivity index (χ1v) is 18.5. The zero-order chi connectivity index (χ0) is 34.2. The second-order valence-electron chi connectivity index (χ2n) is 14.2. The van der Waals surface area contributed by atoms with Crippen LogP contribution in [0, 0.1) is 0 Å². The zero-order valence-electron chi connectivity index (χ0n) is 28.6. The van der Waals surface area contributed by atoms with E-state index in [1.807, 2.05) is 53.4 Å². The highest BCUT2D eigenvalue weighted by Gasteiger charge is 2.39. The molecule has 8 heteroatoms. The van der Waals surface area contributed by atoms with Gasteiger partial charge in [0, 0.05) is 61.4 Å². The van der Waals surface area contributed by atoms with Crippen molar-refractivity contribution in [1.82, 2.24) is 9.80 Å². The Morgan fingerprint density at radius 1 is 0.720 bits per heavy atom. The lowest BCUT2D eigenvalue weighted by Crippen LogP contribution is -2.45. The number of carbonyl (C=O) groups excluding carboxylic acids is 2. The molecule has 256 valence electrons. The van der Waals surface area contributed by atoms with Crippen LogP contribution in [-0.2, 0) is 14.3 Å². The van der Waals surface area contributed by atoms with E-state index in [0.29, 0.717) is 11.6 Å². The van der Waals surface area contributed by atoms with Gasteiger partial charge in [-0.25, -0.2) is 0 Å². The minimum absolute atomic E-state index is 0.0292. The first-order chi connectivity index (χ1) is 24.4. The molecule has 5 aliphatic rings. The SMILES string of the molecule is C[C@@H](C(=O)N1CCC[C@H]1C1=NC=C(c2ccc(-c3ccc(C4=CN=C([C@@H]5CCCN5C(=O)[C@H]5CCCO5)C4)cc3)cc2)C1)c1ccccc1Cl. The zero-order valence-corrected chi connectivity index (χ0v) is 29.3. The molecular formula is C42H43ClN4O3. The standard InChI is InChI=1S/C42H43ClN4O3/c1-27(34-7-2-3-8-35(34)43)41(48)46-20-4-9-38(46)36-23-32(25-44-36)30-16-12-28(13-17-30)29-14-18-31(19-15-29)33-24-37(45-26-33)39-10-5-21-47(39)42(49)40-11-6-22-50-40/h2-3,7-8,12-19,25-27,38-40H,4-6,9-11,20-24H2,1H3/t27-,38+,39+,40-/m1/s1. The topological polar surface area (TPSA) is 74.6 Å². The Balaban J connectivity index is 0.867. The number of hydrogen-bond donors (Lipinski definition) is 0. The number of hydrogen-bond acceptors (Lipinski definition) is 5. The molecule has 3 aromatic carbocycles. The summed E-state index contributed by atoms with van der Waals surface area (Å²) in [4.78, 5) is 40.4. The van der Waals surface area contributed by atoms with Gasteiger partial charge in [0.25, 0.3) is 5.91 Å². The summed E-state index contributed by atoms with van der Waals surface area (Å²) >= 11 is 6.44. The van der Waals surface area contributed by atoms with Crippen LogP contribution in [0.25, 0.3) is 22.3 Å². The lowest BCUT2D eigenvalue weighted by atomic mass is 9.94. The van der Waals surface area contributed by atoms with E-state index in [2.05, 4.69) is 48.5 Å². The van der Waals surface area contributed by atoms with Gasteiger partial charge in [-0.1, -0.05) is 78.3 Å². The summed E-state index contributed by atoms with van der Waals surface area (Å²) in [6, 6.07) is 25.2. The van der Waals surface area contributed by atoms with Gasteiger partial charge < -0.3 is 14.5 Å². The van der Waals surface area contributed by atoms with Crippen LogP contribution in [0.5, 0.6) is 0 Å². The summed E-state index contributed by atoms with van der Waals surface area (Å²) < 4.78 is 5.70. The maximum Gasteiger partial charge on any atom is 0.252 e. The molecule has 2 amide bonds. The largest absolute Gasteiger partial charge is 0.368 e. The summed E-state index contributed by atoms with van der Waals surface area (Å²) in [6.45, 7) is 4.18. The van der Waals surface area contributed by atoms with Gasteiger partial charge >= 0.3 is 0 Å². The minimum atomic E-state index is -0.294. The molecule has 4 atom stereocenters. The van der Waals surface area contributed by atoms with Crippen LogP contribution in [0.1, 0.15) is 80.9 Å². The van der Waals surface area contributed by atoms with Gasteiger partial charge in [0.1, 0.15) is 6.10 Å². The average Bonchev–Trinajstić information content (AvgIpc) is 4.00. The van der Waals surface area contributed by atoms with Crippen molar-refractivity contribution >= 4 is 46.0 Å². The molecule has 0 saturated carbocycles. The third-order valence-corrected chi connectivity index (χ3v) is 11.5. The van der Waals surface area contributed by atoms with E-state index in [1.165, 1.54) is 16.7 Å². The van der Waals surface area contributed by atoms with Crippen molar-refractivity contribution < 1.29 is 14.3 Å². The molecule has 5 heterocycles. The molecule has 3 fully saturated rings. The Labute approximate surface area is 299 Å². The van der Waals surface area contributed by atoms with Gasteiger partial charge in [-0.05, 0) is 90.5 Å². The molecule has 0 N–H and O–H groups in total. The molecule has 8 rings (SSSR count). The molecule has 7 nitrogen and oxygen atoms in total. The molecule has 0 unspecified atom stereocenters. The summed E-state index contributed by atoms with van der Waals surface area (Å²) in [6.07, 6.45) is 10.9. The predicted molar refractivity (Wildman–Crippen MR) is 200 cm³/mol. The fourth-order valence-electron chi connectivity index (χ4n) is 8.33. The Hall–Kier alpha value is -4.33. The van der Waals surface area contributed by atoms with Crippen LogP contribution in [0.3, 0.4) is 0 Å². The van der Waals surface area contributed by atoms with Crippen molar-refractivity contribution in [3.8, 4) is 11.1 Å². The number of nitrogens with zero attached hydrogens (tertiary/aromatic N) is 4. The molecule has 3 aromatic rings. The lowest BCUT2D eigenvalue weighted by molar-refractivity contribution is -0.140. The lowest BCUT2D eigenvalue weighted by Gasteiger charge is -2.28. The first kappa shape index (κ1) is 32.9. The number of carbonyl (C=O) groups is 2. The number of ether oxygens (including phenoxy) is 1. The number of benzene rings is 3. The molecule has 0 aliphatic carbocycles. The normalized spacial score (nSPS) is 23.9. The van der Waals surface area contributed by atoms with E-state index in [0.717, 1.165) is 98.1 Å². The summed E-state index contributed by atoms with van der Waals surface area (Å²) in [7, 11) is 0. The van der Waals surface area contributed by atoms with E-state index in [-0.39, 0.29) is 35.9 Å². The fraction of sp³-hybridized carbons (Fsp3) is 0.381. The van der Waals surface area contributed by atoms with Crippen LogP contribution in [0.2, 0.25) is 5.02 Å². The smallest absolute Gasteiger partial charge is 0.252 e. The number of amides is 2. The van der Waals surface area contributed by atoms with Gasteiger partial charge in [0.2, 0.25) is 5.91 Å². The number of rotatable bonds is 8. The fourth-order valence-corrected chi connectivity index (χ4v) is 8.63. The maximum atomic E-state index is 13.6. The average molecular weight is 687 g/mol. The van der Waals surface area contributed by atoms with Crippen LogP contribution < -0.4 is 0 Å². The van der Waals surface area contributed by atoms with Crippen LogP contribution in [0.15, 0.2) is 95.2 Å². The van der Waals surface area contributed by atoms with E-state index >= 15 is 0 Å². The van der Waals surface area contributed by atoms with Crippen LogP contribution in [-0.4, -0.2) is 70.9 Å². The second-order valence-corrected chi connectivity index (χ2v) is 14.6. The Bertz CT molecular complexity index is 1910. The van der Waals surface area contributed by atoms with Gasteiger partial charge in [0.15, 0.2) is 0 Å². The second kappa shape index (κ2) is 14.1. The molecule has 50 heavy (non-hydrogen) atoms. The highest BCUT2D eigenvalue weighted by Crippen LogP contribution is 2.35. The number of halogens is 1. The number of aliphatic imine (C=N–C) groups is 2. The monoisotopic (exact) mass is 686 g/mol. The molecular weight excluding hydrogens is 644 g/mol. The highest BCUT2D eigenvalue weighted by atomic mass is 35.5. The van der Waals surface area contributed by atoms with Gasteiger partial charge in [0.05, 0.1) is 18.0 Å².